The summed E-state index contributed by atoms with van der Waals surface area (Å²) in [4.78, 5) is 9.49. The van der Waals surface area contributed by atoms with E-state index in [4.69, 9.17) is 4.98 Å². The maximum absolute atomic E-state index is 4.92. The molecule has 3 heteroatoms. The second-order valence-electron chi connectivity index (χ2n) is 8.51. The molecule has 0 radical (unpaired) electrons. The summed E-state index contributed by atoms with van der Waals surface area (Å²) >= 11 is -1.97. The molecular weight excluding hydrogens is 353 g/mol. The Bertz CT molecular complexity index is 886. The van der Waals surface area contributed by atoms with Crippen LogP contribution >= 0.6 is 0 Å². The summed E-state index contributed by atoms with van der Waals surface area (Å²) in [5.74, 6) is 7.96. The molecule has 0 saturated heterocycles. The average Bonchev–Trinajstić information content (AvgIpc) is 2.52. The van der Waals surface area contributed by atoms with Crippen LogP contribution in [0.2, 0.25) is 17.3 Å². The minimum absolute atomic E-state index is 0.0784. The summed E-state index contributed by atoms with van der Waals surface area (Å²) in [6, 6.07) is 15.2. The number of rotatable bonds is 2. The van der Waals surface area contributed by atoms with Gasteiger partial charge in [0.2, 0.25) is 0 Å². The summed E-state index contributed by atoms with van der Waals surface area (Å²) in [5, 5.41) is 2.57. The van der Waals surface area contributed by atoms with Gasteiger partial charge in [0.05, 0.1) is 0 Å². The first-order valence-electron chi connectivity index (χ1n) is 8.53. The second-order valence-corrected chi connectivity index (χ2v) is 19.0. The molecular formula is C21H26GeN2. The van der Waals surface area contributed by atoms with Crippen LogP contribution in [0.3, 0.4) is 0 Å². The van der Waals surface area contributed by atoms with Gasteiger partial charge < -0.3 is 0 Å². The monoisotopic (exact) mass is 380 g/mol. The fourth-order valence-corrected chi connectivity index (χ4v) is 5.11. The van der Waals surface area contributed by atoms with Gasteiger partial charge in [0.1, 0.15) is 0 Å². The molecule has 0 amide bonds. The molecule has 1 heterocycles. The molecule has 0 fully saturated rings. The van der Waals surface area contributed by atoms with Crippen LogP contribution in [0.15, 0.2) is 48.7 Å². The minimum atomic E-state index is -1.97. The first-order valence-corrected chi connectivity index (χ1v) is 15.9. The number of hydrogen-bond donors (Lipinski definition) is 0. The second kappa shape index (κ2) is 6.00. The van der Waals surface area contributed by atoms with Crippen molar-refractivity contribution in [3.05, 3.63) is 54.2 Å². The van der Waals surface area contributed by atoms with Crippen molar-refractivity contribution in [1.82, 2.24) is 9.97 Å². The molecule has 0 N–H and O–H groups in total. The van der Waals surface area contributed by atoms with Gasteiger partial charge >= 0.3 is 148 Å². The van der Waals surface area contributed by atoms with Gasteiger partial charge in [-0.25, -0.2) is 0 Å². The zero-order valence-corrected chi connectivity index (χ0v) is 17.6. The van der Waals surface area contributed by atoms with E-state index < -0.39 is 13.3 Å². The molecule has 0 aliphatic carbocycles. The number of nitrogens with zero attached hydrogens (tertiary/aromatic N) is 2. The van der Waals surface area contributed by atoms with Gasteiger partial charge in [-0.3, -0.25) is 0 Å². The third-order valence-corrected chi connectivity index (χ3v) is 8.16. The Morgan fingerprint density at radius 2 is 1.62 bits per heavy atom. The fraction of sp³-hybridized carbons (Fsp3) is 0.333. The van der Waals surface area contributed by atoms with Crippen LogP contribution < -0.4 is 4.53 Å². The molecule has 2 aromatic carbocycles. The zero-order valence-electron chi connectivity index (χ0n) is 15.5. The van der Waals surface area contributed by atoms with E-state index in [1.165, 1.54) is 20.9 Å². The standard InChI is InChI=1S/C21H26GeN2/c1-21(2,3)18-14-16(13-15-9-7-8-10-17(15)18)20-23-12-11-19(24-20)22(4,5)6/h7-14H,1-6H3. The van der Waals surface area contributed by atoms with Gasteiger partial charge in [-0.1, -0.05) is 0 Å². The number of aromatic nitrogens is 2. The van der Waals surface area contributed by atoms with E-state index in [0.717, 1.165) is 11.4 Å². The topological polar surface area (TPSA) is 25.8 Å². The zero-order chi connectivity index (χ0) is 17.5. The Kier molecular flexibility index (Phi) is 4.29. The SMILES string of the molecule is CC(C)(C)c1cc(-c2ncc[c]([Ge]([CH3])([CH3])[CH3])n2)cc2ccccc12. The summed E-state index contributed by atoms with van der Waals surface area (Å²) in [5.41, 5.74) is 2.55. The third kappa shape index (κ3) is 3.39. The molecule has 0 unspecified atom stereocenters. The predicted octanol–water partition coefficient (Wildman–Crippen LogP) is 5.14. The van der Waals surface area contributed by atoms with E-state index in [-0.39, 0.29) is 5.41 Å². The Morgan fingerprint density at radius 3 is 2.29 bits per heavy atom. The molecule has 3 rings (SSSR count). The first kappa shape index (κ1) is 17.2. The molecule has 0 atom stereocenters. The van der Waals surface area contributed by atoms with Crippen LogP contribution in [0.25, 0.3) is 22.2 Å². The summed E-state index contributed by atoms with van der Waals surface area (Å²) < 4.78 is 1.26. The van der Waals surface area contributed by atoms with E-state index in [1.807, 2.05) is 6.20 Å². The van der Waals surface area contributed by atoms with Gasteiger partial charge in [-0.15, -0.1) is 0 Å². The molecule has 0 aliphatic heterocycles. The van der Waals surface area contributed by atoms with Crippen molar-refractivity contribution in [3.63, 3.8) is 0 Å². The molecule has 0 spiro atoms. The maximum atomic E-state index is 4.92. The molecule has 0 saturated carbocycles. The van der Waals surface area contributed by atoms with Gasteiger partial charge in [-0.2, -0.15) is 0 Å². The molecule has 3 aromatic rings. The number of fused-ring (bicyclic) bond motifs is 1. The predicted molar refractivity (Wildman–Crippen MR) is 107 cm³/mol. The molecule has 124 valence electrons. The van der Waals surface area contributed by atoms with Crippen molar-refractivity contribution >= 4 is 28.6 Å². The quantitative estimate of drug-likeness (QED) is 0.577. The molecule has 0 bridgehead atoms. The average molecular weight is 379 g/mol. The summed E-state index contributed by atoms with van der Waals surface area (Å²) in [7, 11) is 0. The molecule has 2 nitrogen and oxygen atoms in total. The number of hydrogen-bond acceptors (Lipinski definition) is 2. The molecule has 24 heavy (non-hydrogen) atoms. The Morgan fingerprint density at radius 1 is 0.917 bits per heavy atom. The van der Waals surface area contributed by atoms with Gasteiger partial charge in [0.15, 0.2) is 0 Å². The van der Waals surface area contributed by atoms with Crippen LogP contribution in [0, 0.1) is 0 Å². The third-order valence-electron chi connectivity index (χ3n) is 4.35. The van der Waals surface area contributed by atoms with E-state index in [1.54, 1.807) is 0 Å². The van der Waals surface area contributed by atoms with E-state index in [9.17, 15) is 0 Å². The van der Waals surface area contributed by atoms with Crippen LogP contribution in [0.4, 0.5) is 0 Å². The molecule has 0 aliphatic rings. The van der Waals surface area contributed by atoms with Crippen LogP contribution in [-0.4, -0.2) is 23.2 Å². The van der Waals surface area contributed by atoms with Crippen molar-refractivity contribution < 1.29 is 0 Å². The van der Waals surface area contributed by atoms with Crippen LogP contribution in [0.1, 0.15) is 26.3 Å². The van der Waals surface area contributed by atoms with Crippen molar-refractivity contribution in [3.8, 4) is 11.4 Å². The normalized spacial score (nSPS) is 12.6. The van der Waals surface area contributed by atoms with E-state index in [2.05, 4.69) is 85.5 Å². The van der Waals surface area contributed by atoms with E-state index >= 15 is 0 Å². The Labute approximate surface area is 147 Å². The van der Waals surface area contributed by atoms with Gasteiger partial charge in [0.25, 0.3) is 0 Å². The van der Waals surface area contributed by atoms with Crippen molar-refractivity contribution in [2.45, 2.75) is 43.5 Å². The fourth-order valence-electron chi connectivity index (χ4n) is 2.98. The van der Waals surface area contributed by atoms with Crippen LogP contribution in [-0.2, 0) is 5.41 Å². The Balaban J connectivity index is 2.25. The Hall–Kier alpha value is -1.68. The first-order chi connectivity index (χ1) is 11.2. The summed E-state index contributed by atoms with van der Waals surface area (Å²) in [6.45, 7) is 6.79. The summed E-state index contributed by atoms with van der Waals surface area (Å²) in [6.07, 6.45) is 1.92. The van der Waals surface area contributed by atoms with Gasteiger partial charge in [-0.05, 0) is 0 Å². The van der Waals surface area contributed by atoms with E-state index in [0.29, 0.717) is 0 Å². The number of benzene rings is 2. The van der Waals surface area contributed by atoms with Crippen molar-refractivity contribution in [2.24, 2.45) is 0 Å². The van der Waals surface area contributed by atoms with Crippen molar-refractivity contribution in [1.29, 1.82) is 0 Å². The van der Waals surface area contributed by atoms with Gasteiger partial charge in [0, 0.05) is 0 Å². The van der Waals surface area contributed by atoms with Crippen molar-refractivity contribution in [2.75, 3.05) is 0 Å². The molecule has 1 aromatic heterocycles. The van der Waals surface area contributed by atoms with Crippen LogP contribution in [0.5, 0.6) is 0 Å².